The van der Waals surface area contributed by atoms with Crippen LogP contribution in [0.4, 0.5) is 0 Å². The van der Waals surface area contributed by atoms with Gasteiger partial charge in [0.25, 0.3) is 0 Å². The largest absolute Gasteiger partial charge is 0.483 e. The fraction of sp³-hybridized carbons (Fsp3) is 0.458. The smallest absolute Gasteiger partial charge is 0.240 e. The first-order valence-corrected chi connectivity index (χ1v) is 13.1. The zero-order valence-corrected chi connectivity index (χ0v) is 20.8. The van der Waals surface area contributed by atoms with Crippen LogP contribution in [0.1, 0.15) is 63.9 Å². The van der Waals surface area contributed by atoms with Crippen LogP contribution in [0.5, 0.6) is 5.75 Å². The van der Waals surface area contributed by atoms with E-state index in [0.717, 1.165) is 54.9 Å². The quantitative estimate of drug-likeness (QED) is 0.343. The first-order valence-electron chi connectivity index (χ1n) is 11.2. The minimum atomic E-state index is -3.57. The van der Waals surface area contributed by atoms with Crippen molar-refractivity contribution in [3.63, 3.8) is 0 Å². The van der Waals surface area contributed by atoms with Crippen molar-refractivity contribution >= 4 is 32.7 Å². The summed E-state index contributed by atoms with van der Waals surface area (Å²) in [5.74, 6) is 1.52. The van der Waals surface area contributed by atoms with E-state index in [-0.39, 0.29) is 11.0 Å². The van der Waals surface area contributed by atoms with Crippen molar-refractivity contribution in [1.82, 2.24) is 14.3 Å². The lowest BCUT2D eigenvalue weighted by atomic mass is 10.2. The van der Waals surface area contributed by atoms with Gasteiger partial charge < -0.3 is 9.30 Å². The summed E-state index contributed by atoms with van der Waals surface area (Å²) < 4.78 is 36.4. The van der Waals surface area contributed by atoms with Crippen molar-refractivity contribution in [1.29, 1.82) is 0 Å². The second-order valence-corrected chi connectivity index (χ2v) is 10.3. The number of imidazole rings is 1. The summed E-state index contributed by atoms with van der Waals surface area (Å²) in [5.41, 5.74) is 2.51. The Morgan fingerprint density at radius 2 is 1.88 bits per heavy atom. The number of ether oxygens (including phenoxy) is 1. The Kier molecular flexibility index (Phi) is 8.20. The van der Waals surface area contributed by atoms with Gasteiger partial charge in [0, 0.05) is 18.1 Å². The average molecular weight is 478 g/mol. The number of benzene rings is 2. The predicted molar refractivity (Wildman–Crippen MR) is 130 cm³/mol. The molecule has 1 heterocycles. The summed E-state index contributed by atoms with van der Waals surface area (Å²) in [6.07, 6.45) is 3.44. The third-order valence-corrected chi connectivity index (χ3v) is 7.12. The molecule has 8 heteroatoms. The molecule has 0 fully saturated rings. The van der Waals surface area contributed by atoms with Gasteiger partial charge in [0.1, 0.15) is 5.75 Å². The van der Waals surface area contributed by atoms with Gasteiger partial charge in [0.2, 0.25) is 10.0 Å². The molecule has 3 aromatic rings. The molecule has 0 amide bonds. The Morgan fingerprint density at radius 3 is 2.56 bits per heavy atom. The number of rotatable bonds is 11. The summed E-state index contributed by atoms with van der Waals surface area (Å²) >= 11 is 6.07. The van der Waals surface area contributed by atoms with Crippen LogP contribution in [0.3, 0.4) is 0 Å². The zero-order chi connectivity index (χ0) is 23.3. The Hall–Kier alpha value is -2.09. The molecule has 0 spiro atoms. The highest BCUT2D eigenvalue weighted by atomic mass is 35.5. The molecule has 174 valence electrons. The maximum absolute atomic E-state index is 12.7. The van der Waals surface area contributed by atoms with Crippen molar-refractivity contribution in [3.8, 4) is 5.75 Å². The number of fused-ring (bicyclic) bond motifs is 1. The lowest BCUT2D eigenvalue weighted by Crippen LogP contribution is -2.24. The van der Waals surface area contributed by atoms with E-state index in [1.807, 2.05) is 39.0 Å². The Labute approximate surface area is 196 Å². The van der Waals surface area contributed by atoms with Crippen molar-refractivity contribution < 1.29 is 13.2 Å². The Balaban J connectivity index is 1.97. The normalized spacial score (nSPS) is 12.9. The van der Waals surface area contributed by atoms with Crippen molar-refractivity contribution in [2.24, 2.45) is 0 Å². The van der Waals surface area contributed by atoms with Gasteiger partial charge in [-0.15, -0.1) is 0 Å². The summed E-state index contributed by atoms with van der Waals surface area (Å²) in [4.78, 5) is 5.03. The number of sulfonamides is 1. The zero-order valence-electron chi connectivity index (χ0n) is 19.2. The van der Waals surface area contributed by atoms with E-state index in [2.05, 4.69) is 16.2 Å². The molecule has 0 aliphatic rings. The molecule has 0 saturated heterocycles. The first-order chi connectivity index (χ1) is 15.3. The topological polar surface area (TPSA) is 73.2 Å². The Morgan fingerprint density at radius 1 is 1.12 bits per heavy atom. The predicted octanol–water partition coefficient (Wildman–Crippen LogP) is 6.02. The fourth-order valence-electron chi connectivity index (χ4n) is 3.61. The van der Waals surface area contributed by atoms with Crippen LogP contribution in [0, 0.1) is 6.92 Å². The van der Waals surface area contributed by atoms with E-state index in [9.17, 15) is 8.42 Å². The van der Waals surface area contributed by atoms with Gasteiger partial charge in [-0.25, -0.2) is 18.1 Å². The van der Waals surface area contributed by atoms with Crippen LogP contribution in [-0.2, 0) is 16.6 Å². The molecular formula is C24H32ClN3O3S. The van der Waals surface area contributed by atoms with E-state index in [0.29, 0.717) is 17.1 Å². The number of hydrogen-bond acceptors (Lipinski definition) is 4. The number of nitrogens with zero attached hydrogens (tertiary/aromatic N) is 2. The van der Waals surface area contributed by atoms with Gasteiger partial charge in [-0.05, 0) is 68.7 Å². The van der Waals surface area contributed by atoms with Crippen LogP contribution < -0.4 is 9.46 Å². The van der Waals surface area contributed by atoms with Gasteiger partial charge >= 0.3 is 0 Å². The van der Waals surface area contributed by atoms with Gasteiger partial charge in [0.05, 0.1) is 15.9 Å². The number of halogens is 1. The summed E-state index contributed by atoms with van der Waals surface area (Å²) in [6.45, 7) is 9.30. The molecule has 1 N–H and O–H groups in total. The van der Waals surface area contributed by atoms with E-state index >= 15 is 0 Å². The maximum Gasteiger partial charge on any atom is 0.240 e. The molecule has 2 aromatic carbocycles. The molecular weight excluding hydrogens is 446 g/mol. The van der Waals surface area contributed by atoms with Crippen molar-refractivity contribution in [2.45, 2.75) is 70.9 Å². The van der Waals surface area contributed by atoms with Gasteiger partial charge in [-0.1, -0.05) is 38.3 Å². The van der Waals surface area contributed by atoms with Crippen molar-refractivity contribution in [3.05, 3.63) is 52.8 Å². The molecule has 32 heavy (non-hydrogen) atoms. The molecule has 0 aliphatic carbocycles. The maximum atomic E-state index is 12.7. The van der Waals surface area contributed by atoms with Crippen LogP contribution >= 0.6 is 11.6 Å². The second-order valence-electron chi connectivity index (χ2n) is 8.05. The monoisotopic (exact) mass is 477 g/mol. The summed E-state index contributed by atoms with van der Waals surface area (Å²) in [6, 6.07) is 10.7. The molecule has 0 aliphatic heterocycles. The van der Waals surface area contributed by atoms with Gasteiger partial charge in [0.15, 0.2) is 11.9 Å². The molecule has 0 unspecified atom stereocenters. The molecule has 0 saturated carbocycles. The number of nitrogens with one attached hydrogen (secondary N) is 1. The highest BCUT2D eigenvalue weighted by molar-refractivity contribution is 7.89. The highest BCUT2D eigenvalue weighted by Gasteiger charge is 2.21. The van der Waals surface area contributed by atoms with Crippen LogP contribution in [0.15, 0.2) is 41.3 Å². The average Bonchev–Trinajstić information content (AvgIpc) is 3.12. The lowest BCUT2D eigenvalue weighted by Gasteiger charge is -2.18. The summed E-state index contributed by atoms with van der Waals surface area (Å²) in [5, 5.41) is 0.666. The van der Waals surface area contributed by atoms with Gasteiger partial charge in [-0.2, -0.15) is 0 Å². The third kappa shape index (κ3) is 5.63. The second kappa shape index (κ2) is 10.7. The fourth-order valence-corrected chi connectivity index (χ4v) is 4.93. The van der Waals surface area contributed by atoms with Crippen molar-refractivity contribution in [2.75, 3.05) is 6.54 Å². The van der Waals surface area contributed by atoms with Crippen LogP contribution in [-0.4, -0.2) is 24.5 Å². The molecule has 6 nitrogen and oxygen atoms in total. The minimum absolute atomic E-state index is 0.231. The van der Waals surface area contributed by atoms with E-state index in [4.69, 9.17) is 21.3 Å². The Bertz CT molecular complexity index is 1170. The van der Waals surface area contributed by atoms with Crippen LogP contribution in [0.2, 0.25) is 5.02 Å². The number of aryl methyl sites for hydroxylation is 2. The minimum Gasteiger partial charge on any atom is -0.483 e. The first kappa shape index (κ1) is 24.6. The SMILES string of the molecule is CCCCNS(=O)(=O)c1ccc2c(c1)nc([C@H](C)Oc1ccc(Cl)cc1C)n2CCCC. The highest BCUT2D eigenvalue weighted by Crippen LogP contribution is 2.30. The molecule has 0 bridgehead atoms. The molecule has 3 rings (SSSR count). The number of aromatic nitrogens is 2. The van der Waals surface area contributed by atoms with Gasteiger partial charge in [-0.3, -0.25) is 0 Å². The standard InChI is InChI=1S/C24H32ClN3O3S/c1-5-7-13-26-32(29,30)20-10-11-22-21(16-20)27-24(28(22)14-8-6-2)18(4)31-23-12-9-19(25)15-17(23)3/h9-12,15-16,18,26H,5-8,13-14H2,1-4H3/t18-/m0/s1. The molecule has 1 atom stereocenters. The van der Waals surface area contributed by atoms with Crippen LogP contribution in [0.25, 0.3) is 11.0 Å². The third-order valence-electron chi connectivity index (χ3n) is 5.42. The number of unbranched alkanes of at least 4 members (excludes halogenated alkanes) is 2. The number of hydrogen-bond donors (Lipinski definition) is 1. The van der Waals surface area contributed by atoms with E-state index in [1.165, 1.54) is 0 Å². The molecule has 1 aromatic heterocycles. The van der Waals surface area contributed by atoms with E-state index in [1.54, 1.807) is 18.2 Å². The van der Waals surface area contributed by atoms with E-state index < -0.39 is 10.0 Å². The molecule has 0 radical (unpaired) electrons. The lowest BCUT2D eigenvalue weighted by molar-refractivity contribution is 0.210. The summed E-state index contributed by atoms with van der Waals surface area (Å²) in [7, 11) is -3.57.